The highest BCUT2D eigenvalue weighted by Crippen LogP contribution is 2.29. The van der Waals surface area contributed by atoms with E-state index in [1.54, 1.807) is 6.20 Å². The molecule has 0 bridgehead atoms. The van der Waals surface area contributed by atoms with Gasteiger partial charge in [0.05, 0.1) is 24.7 Å². The van der Waals surface area contributed by atoms with Crippen LogP contribution in [0.25, 0.3) is 0 Å². The van der Waals surface area contributed by atoms with Crippen molar-refractivity contribution in [3.8, 4) is 0 Å². The smallest absolute Gasteiger partial charge is 0.0951 e. The van der Waals surface area contributed by atoms with Crippen molar-refractivity contribution in [2.75, 3.05) is 6.61 Å². The van der Waals surface area contributed by atoms with E-state index >= 15 is 0 Å². The largest absolute Gasteiger partial charge is 0.394 e. The van der Waals surface area contributed by atoms with Crippen LogP contribution in [0.1, 0.15) is 56.3 Å². The van der Waals surface area contributed by atoms with E-state index in [9.17, 15) is 0 Å². The molecule has 16 heavy (non-hydrogen) atoms. The van der Waals surface area contributed by atoms with Crippen molar-refractivity contribution in [1.82, 2.24) is 9.55 Å². The molecule has 1 aromatic rings. The van der Waals surface area contributed by atoms with Crippen LogP contribution in [-0.2, 0) is 0 Å². The molecule has 4 heteroatoms. The summed E-state index contributed by atoms with van der Waals surface area (Å²) in [6.07, 6.45) is 11.3. The van der Waals surface area contributed by atoms with Gasteiger partial charge in [-0.1, -0.05) is 25.7 Å². The molecule has 0 aromatic carbocycles. The van der Waals surface area contributed by atoms with Gasteiger partial charge in [-0.15, -0.1) is 0 Å². The van der Waals surface area contributed by atoms with Crippen molar-refractivity contribution in [3.63, 3.8) is 0 Å². The minimum Gasteiger partial charge on any atom is -0.394 e. The van der Waals surface area contributed by atoms with Crippen LogP contribution in [-0.4, -0.2) is 21.3 Å². The molecular weight excluding hydrogens is 202 g/mol. The second-order valence-corrected chi connectivity index (χ2v) is 4.66. The lowest BCUT2D eigenvalue weighted by atomic mass is 10.1. The zero-order valence-electron chi connectivity index (χ0n) is 9.68. The Bertz CT molecular complexity index is 316. The van der Waals surface area contributed by atoms with Crippen LogP contribution in [0.2, 0.25) is 0 Å². The van der Waals surface area contributed by atoms with E-state index in [2.05, 4.69) is 9.55 Å². The molecule has 4 nitrogen and oxygen atoms in total. The van der Waals surface area contributed by atoms with Gasteiger partial charge < -0.3 is 15.4 Å². The summed E-state index contributed by atoms with van der Waals surface area (Å²) in [5, 5.41) is 9.12. The number of hydrogen-bond acceptors (Lipinski definition) is 3. The van der Waals surface area contributed by atoms with Gasteiger partial charge in [0.1, 0.15) is 0 Å². The van der Waals surface area contributed by atoms with E-state index in [1.165, 1.54) is 38.5 Å². The van der Waals surface area contributed by atoms with Gasteiger partial charge in [-0.25, -0.2) is 4.98 Å². The fourth-order valence-electron chi connectivity index (χ4n) is 2.54. The van der Waals surface area contributed by atoms with Crippen LogP contribution in [0.15, 0.2) is 12.5 Å². The highest BCUT2D eigenvalue weighted by molar-refractivity contribution is 5.06. The molecule has 0 radical (unpaired) electrons. The second-order valence-electron chi connectivity index (χ2n) is 4.66. The molecule has 90 valence electrons. The number of imidazole rings is 1. The maximum Gasteiger partial charge on any atom is 0.0951 e. The average molecular weight is 223 g/mol. The van der Waals surface area contributed by atoms with E-state index < -0.39 is 0 Å². The Kier molecular flexibility index (Phi) is 3.96. The topological polar surface area (TPSA) is 64.1 Å². The third-order valence-electron chi connectivity index (χ3n) is 3.49. The number of rotatable bonds is 3. The molecule has 1 saturated carbocycles. The molecular formula is C12H21N3O. The van der Waals surface area contributed by atoms with Gasteiger partial charge in [-0.2, -0.15) is 0 Å². The number of aliphatic hydroxyl groups excluding tert-OH is 1. The third kappa shape index (κ3) is 2.44. The van der Waals surface area contributed by atoms with E-state index in [1.807, 2.05) is 6.33 Å². The van der Waals surface area contributed by atoms with Crippen molar-refractivity contribution >= 4 is 0 Å². The Morgan fingerprint density at radius 3 is 2.69 bits per heavy atom. The number of hydrogen-bond donors (Lipinski definition) is 2. The summed E-state index contributed by atoms with van der Waals surface area (Å²) in [4.78, 5) is 4.17. The Balaban J connectivity index is 2.15. The number of aliphatic hydroxyl groups is 1. The van der Waals surface area contributed by atoms with Crippen LogP contribution in [0.4, 0.5) is 0 Å². The SMILES string of the molecule is NC(CO)c1cncn1C1CCCCCC1. The van der Waals surface area contributed by atoms with E-state index in [0.29, 0.717) is 6.04 Å². The van der Waals surface area contributed by atoms with Gasteiger partial charge in [-0.3, -0.25) is 0 Å². The molecule has 3 N–H and O–H groups in total. The molecule has 0 spiro atoms. The van der Waals surface area contributed by atoms with Crippen molar-refractivity contribution in [2.45, 2.75) is 50.6 Å². The van der Waals surface area contributed by atoms with Gasteiger partial charge in [0, 0.05) is 12.2 Å². The number of aromatic nitrogens is 2. The quantitative estimate of drug-likeness (QED) is 0.768. The lowest BCUT2D eigenvalue weighted by Gasteiger charge is -2.21. The summed E-state index contributed by atoms with van der Waals surface area (Å²) < 4.78 is 2.17. The highest BCUT2D eigenvalue weighted by atomic mass is 16.3. The highest BCUT2D eigenvalue weighted by Gasteiger charge is 2.19. The molecule has 2 rings (SSSR count). The molecule has 1 unspecified atom stereocenters. The van der Waals surface area contributed by atoms with Gasteiger partial charge in [0.15, 0.2) is 0 Å². The Hall–Kier alpha value is -0.870. The van der Waals surface area contributed by atoms with Crippen LogP contribution in [0.5, 0.6) is 0 Å². The molecule has 0 saturated heterocycles. The lowest BCUT2D eigenvalue weighted by Crippen LogP contribution is -2.21. The first kappa shape index (κ1) is 11.6. The molecule has 0 amide bonds. The van der Waals surface area contributed by atoms with Crippen molar-refractivity contribution in [1.29, 1.82) is 0 Å². The van der Waals surface area contributed by atoms with Gasteiger partial charge in [0.2, 0.25) is 0 Å². The van der Waals surface area contributed by atoms with Crippen LogP contribution < -0.4 is 5.73 Å². The summed E-state index contributed by atoms with van der Waals surface area (Å²) in [6.45, 7) is -0.0155. The average Bonchev–Trinajstić information content (AvgIpc) is 2.64. The molecule has 1 atom stereocenters. The fourth-order valence-corrected chi connectivity index (χ4v) is 2.54. The van der Waals surface area contributed by atoms with Gasteiger partial charge in [0.25, 0.3) is 0 Å². The van der Waals surface area contributed by atoms with Crippen molar-refractivity contribution < 1.29 is 5.11 Å². The predicted octanol–water partition coefficient (Wildman–Crippen LogP) is 1.77. The molecule has 1 fully saturated rings. The molecule has 1 aliphatic rings. The summed E-state index contributed by atoms with van der Waals surface area (Å²) >= 11 is 0. The van der Waals surface area contributed by atoms with E-state index in [-0.39, 0.29) is 12.6 Å². The van der Waals surface area contributed by atoms with Crippen LogP contribution in [0.3, 0.4) is 0 Å². The van der Waals surface area contributed by atoms with Crippen LogP contribution in [0, 0.1) is 0 Å². The third-order valence-corrected chi connectivity index (χ3v) is 3.49. The van der Waals surface area contributed by atoms with Gasteiger partial charge >= 0.3 is 0 Å². The first-order valence-corrected chi connectivity index (χ1v) is 6.21. The zero-order chi connectivity index (χ0) is 11.4. The molecule has 1 aromatic heterocycles. The molecule has 1 heterocycles. The second kappa shape index (κ2) is 5.46. The standard InChI is InChI=1S/C12H21N3O/c13-11(8-16)12-7-14-9-15(12)10-5-3-1-2-4-6-10/h7,9-11,16H,1-6,8,13H2. The molecule has 1 aliphatic carbocycles. The predicted molar refractivity (Wildman–Crippen MR) is 63.0 cm³/mol. The Morgan fingerprint density at radius 2 is 2.06 bits per heavy atom. The van der Waals surface area contributed by atoms with Crippen molar-refractivity contribution in [3.05, 3.63) is 18.2 Å². The van der Waals surface area contributed by atoms with Gasteiger partial charge in [-0.05, 0) is 12.8 Å². The fraction of sp³-hybridized carbons (Fsp3) is 0.750. The number of nitrogens with zero attached hydrogens (tertiary/aromatic N) is 2. The van der Waals surface area contributed by atoms with Crippen LogP contribution >= 0.6 is 0 Å². The summed E-state index contributed by atoms with van der Waals surface area (Å²) in [7, 11) is 0. The summed E-state index contributed by atoms with van der Waals surface area (Å²) in [5.74, 6) is 0. The Morgan fingerprint density at radius 1 is 1.38 bits per heavy atom. The van der Waals surface area contributed by atoms with E-state index in [4.69, 9.17) is 10.8 Å². The first-order valence-electron chi connectivity index (χ1n) is 6.21. The minimum atomic E-state index is -0.300. The lowest BCUT2D eigenvalue weighted by molar-refractivity contribution is 0.260. The normalized spacial score (nSPS) is 20.6. The number of nitrogens with two attached hydrogens (primary N) is 1. The monoisotopic (exact) mass is 223 g/mol. The van der Waals surface area contributed by atoms with E-state index in [0.717, 1.165) is 5.69 Å². The maximum absolute atomic E-state index is 9.12. The first-order chi connectivity index (χ1) is 7.83. The Labute approximate surface area is 96.5 Å². The summed E-state index contributed by atoms with van der Waals surface area (Å²) in [6, 6.07) is 0.225. The summed E-state index contributed by atoms with van der Waals surface area (Å²) in [5.41, 5.74) is 6.84. The van der Waals surface area contributed by atoms with Crippen molar-refractivity contribution in [2.24, 2.45) is 5.73 Å². The molecule has 0 aliphatic heterocycles. The minimum absolute atomic E-state index is 0.0155. The zero-order valence-corrected chi connectivity index (χ0v) is 9.68. The maximum atomic E-state index is 9.12.